The number of aromatic nitrogens is 1. The van der Waals surface area contributed by atoms with Crippen LogP contribution in [-0.2, 0) is 14.3 Å². The number of carbonyl (C=O) groups excluding carboxylic acids is 2. The van der Waals surface area contributed by atoms with E-state index in [1.165, 1.54) is 0 Å². The van der Waals surface area contributed by atoms with Gasteiger partial charge in [0.15, 0.2) is 6.61 Å². The standard InChI is InChI=1S/C22H25N3O4S/c1-16-8-10-25(18-6-2-3-7-19(18)30-16)20(26)15-29-22(27)17-5-4-9-23-21(17)24-11-13-28-14-12-24/h2-7,9,16H,8,10-15H2,1H3. The minimum absolute atomic E-state index is 0.220. The van der Waals surface area contributed by atoms with Gasteiger partial charge in [-0.15, -0.1) is 11.8 Å². The smallest absolute Gasteiger partial charge is 0.342 e. The van der Waals surface area contributed by atoms with Crippen LogP contribution in [-0.4, -0.2) is 61.6 Å². The van der Waals surface area contributed by atoms with E-state index >= 15 is 0 Å². The van der Waals surface area contributed by atoms with Gasteiger partial charge in [0.05, 0.1) is 18.9 Å². The van der Waals surface area contributed by atoms with Gasteiger partial charge in [0, 0.05) is 36.0 Å². The SMILES string of the molecule is CC1CCN(C(=O)COC(=O)c2cccnc2N2CCOCC2)c2ccccc2S1. The number of fused-ring (bicyclic) bond motifs is 1. The van der Waals surface area contributed by atoms with Crippen molar-refractivity contribution in [2.75, 3.05) is 49.3 Å². The molecule has 1 aromatic heterocycles. The van der Waals surface area contributed by atoms with E-state index in [4.69, 9.17) is 9.47 Å². The molecule has 1 unspecified atom stereocenters. The Bertz CT molecular complexity index is 917. The van der Waals surface area contributed by atoms with Gasteiger partial charge in [-0.25, -0.2) is 9.78 Å². The Labute approximate surface area is 180 Å². The zero-order chi connectivity index (χ0) is 20.9. The van der Waals surface area contributed by atoms with Crippen molar-refractivity contribution >= 4 is 35.1 Å². The maximum Gasteiger partial charge on any atom is 0.342 e. The fourth-order valence-electron chi connectivity index (χ4n) is 3.61. The van der Waals surface area contributed by atoms with E-state index in [-0.39, 0.29) is 12.5 Å². The summed E-state index contributed by atoms with van der Waals surface area (Å²) in [6.07, 6.45) is 2.53. The molecule has 1 amide bonds. The van der Waals surface area contributed by atoms with Crippen LogP contribution in [0.5, 0.6) is 0 Å². The number of esters is 1. The molecule has 0 radical (unpaired) electrons. The highest BCUT2D eigenvalue weighted by Gasteiger charge is 2.26. The number of carbonyl (C=O) groups is 2. The number of para-hydroxylation sites is 1. The van der Waals surface area contributed by atoms with Gasteiger partial charge >= 0.3 is 5.97 Å². The first-order valence-electron chi connectivity index (χ1n) is 10.1. The molecule has 2 aliphatic heterocycles. The average Bonchev–Trinajstić information content (AvgIpc) is 2.96. The molecule has 1 atom stereocenters. The van der Waals surface area contributed by atoms with Crippen LogP contribution in [0.3, 0.4) is 0 Å². The number of anilines is 2. The van der Waals surface area contributed by atoms with Crippen molar-refractivity contribution in [2.45, 2.75) is 23.5 Å². The van der Waals surface area contributed by atoms with Gasteiger partial charge < -0.3 is 19.3 Å². The zero-order valence-corrected chi connectivity index (χ0v) is 17.8. The van der Waals surface area contributed by atoms with Crippen molar-refractivity contribution in [3.05, 3.63) is 48.2 Å². The quantitative estimate of drug-likeness (QED) is 0.695. The number of hydrogen-bond acceptors (Lipinski definition) is 7. The first kappa shape index (κ1) is 20.7. The van der Waals surface area contributed by atoms with Crippen molar-refractivity contribution in [2.24, 2.45) is 0 Å². The highest BCUT2D eigenvalue weighted by molar-refractivity contribution is 8.00. The molecule has 2 aromatic rings. The number of pyridine rings is 1. The summed E-state index contributed by atoms with van der Waals surface area (Å²) in [5.74, 6) is -0.185. The number of morpholine rings is 1. The van der Waals surface area contributed by atoms with E-state index in [0.717, 1.165) is 17.0 Å². The number of thioether (sulfide) groups is 1. The van der Waals surface area contributed by atoms with Gasteiger partial charge in [0.25, 0.3) is 5.91 Å². The highest BCUT2D eigenvalue weighted by Crippen LogP contribution is 2.37. The van der Waals surface area contributed by atoms with E-state index in [2.05, 4.69) is 11.9 Å². The lowest BCUT2D eigenvalue weighted by atomic mass is 10.2. The Kier molecular flexibility index (Phi) is 6.54. The van der Waals surface area contributed by atoms with Gasteiger partial charge in [-0.3, -0.25) is 4.79 Å². The second-order valence-corrected chi connectivity index (χ2v) is 8.76. The number of hydrogen-bond donors (Lipinski definition) is 0. The molecular formula is C22H25N3O4S. The number of amides is 1. The van der Waals surface area contributed by atoms with E-state index in [1.54, 1.807) is 35.0 Å². The first-order chi connectivity index (χ1) is 14.6. The van der Waals surface area contributed by atoms with Crippen molar-refractivity contribution in [3.63, 3.8) is 0 Å². The summed E-state index contributed by atoms with van der Waals surface area (Å²) in [4.78, 5) is 34.9. The maximum atomic E-state index is 12.9. The maximum absolute atomic E-state index is 12.9. The lowest BCUT2D eigenvalue weighted by Crippen LogP contribution is -2.38. The number of rotatable bonds is 4. The zero-order valence-electron chi connectivity index (χ0n) is 17.0. The second-order valence-electron chi connectivity index (χ2n) is 7.28. The summed E-state index contributed by atoms with van der Waals surface area (Å²) in [6.45, 7) is 4.97. The Hall–Kier alpha value is -2.58. The first-order valence-corrected chi connectivity index (χ1v) is 11.0. The summed E-state index contributed by atoms with van der Waals surface area (Å²) < 4.78 is 10.8. The molecule has 1 fully saturated rings. The lowest BCUT2D eigenvalue weighted by Gasteiger charge is -2.29. The molecule has 30 heavy (non-hydrogen) atoms. The third-order valence-corrected chi connectivity index (χ3v) is 6.43. The Morgan fingerprint density at radius 3 is 2.80 bits per heavy atom. The van der Waals surface area contributed by atoms with Gasteiger partial charge in [-0.05, 0) is 30.7 Å². The fourth-order valence-corrected chi connectivity index (χ4v) is 4.73. The summed E-state index contributed by atoms with van der Waals surface area (Å²) in [7, 11) is 0. The monoisotopic (exact) mass is 427 g/mol. The van der Waals surface area contributed by atoms with Crippen LogP contribution < -0.4 is 9.80 Å². The van der Waals surface area contributed by atoms with E-state index in [0.29, 0.717) is 49.5 Å². The molecule has 0 saturated carbocycles. The molecule has 1 aromatic carbocycles. The largest absolute Gasteiger partial charge is 0.452 e. The molecule has 4 rings (SSSR count). The molecule has 0 spiro atoms. The summed E-state index contributed by atoms with van der Waals surface area (Å²) in [5.41, 5.74) is 1.25. The average molecular weight is 428 g/mol. The van der Waals surface area contributed by atoms with Gasteiger partial charge in [0.2, 0.25) is 0 Å². The van der Waals surface area contributed by atoms with Crippen LogP contribution >= 0.6 is 11.8 Å². The molecular weight excluding hydrogens is 402 g/mol. The van der Waals surface area contributed by atoms with E-state index in [1.807, 2.05) is 29.2 Å². The molecule has 3 heterocycles. The second kappa shape index (κ2) is 9.49. The van der Waals surface area contributed by atoms with Gasteiger partial charge in [0.1, 0.15) is 11.4 Å². The van der Waals surface area contributed by atoms with Crippen LogP contribution in [0.1, 0.15) is 23.7 Å². The Morgan fingerprint density at radius 1 is 1.17 bits per heavy atom. The summed E-state index contributed by atoms with van der Waals surface area (Å²) in [5, 5.41) is 0.415. The molecule has 1 saturated heterocycles. The molecule has 7 nitrogen and oxygen atoms in total. The number of benzene rings is 1. The predicted octanol–water partition coefficient (Wildman–Crippen LogP) is 2.99. The Morgan fingerprint density at radius 2 is 1.97 bits per heavy atom. The van der Waals surface area contributed by atoms with Crippen LogP contribution in [0.15, 0.2) is 47.5 Å². The van der Waals surface area contributed by atoms with Crippen molar-refractivity contribution < 1.29 is 19.1 Å². The van der Waals surface area contributed by atoms with Crippen LogP contribution in [0.25, 0.3) is 0 Å². The third kappa shape index (κ3) is 4.60. The van der Waals surface area contributed by atoms with Gasteiger partial charge in [-0.2, -0.15) is 0 Å². The number of ether oxygens (including phenoxy) is 2. The van der Waals surface area contributed by atoms with Crippen molar-refractivity contribution in [1.82, 2.24) is 4.98 Å². The number of nitrogens with zero attached hydrogens (tertiary/aromatic N) is 3. The lowest BCUT2D eigenvalue weighted by molar-refractivity contribution is -0.121. The topological polar surface area (TPSA) is 72.0 Å². The summed E-state index contributed by atoms with van der Waals surface area (Å²) in [6, 6.07) is 11.3. The van der Waals surface area contributed by atoms with Crippen molar-refractivity contribution in [3.8, 4) is 0 Å². The van der Waals surface area contributed by atoms with E-state index in [9.17, 15) is 9.59 Å². The Balaban J connectivity index is 1.45. The highest BCUT2D eigenvalue weighted by atomic mass is 32.2. The minimum Gasteiger partial charge on any atom is -0.452 e. The van der Waals surface area contributed by atoms with Crippen LogP contribution in [0.2, 0.25) is 0 Å². The molecule has 0 N–H and O–H groups in total. The molecule has 2 aliphatic rings. The summed E-state index contributed by atoms with van der Waals surface area (Å²) >= 11 is 1.77. The van der Waals surface area contributed by atoms with E-state index < -0.39 is 5.97 Å². The van der Waals surface area contributed by atoms with Crippen molar-refractivity contribution in [1.29, 1.82) is 0 Å². The predicted molar refractivity (Wildman–Crippen MR) is 116 cm³/mol. The van der Waals surface area contributed by atoms with Crippen LogP contribution in [0.4, 0.5) is 11.5 Å². The molecule has 8 heteroatoms. The molecule has 0 aliphatic carbocycles. The third-order valence-electron chi connectivity index (χ3n) is 5.19. The minimum atomic E-state index is -0.538. The molecule has 158 valence electrons. The fraction of sp³-hybridized carbons (Fsp3) is 0.409. The molecule has 0 bridgehead atoms. The normalized spacial score (nSPS) is 19.0. The van der Waals surface area contributed by atoms with Crippen LogP contribution in [0, 0.1) is 0 Å². The van der Waals surface area contributed by atoms with Gasteiger partial charge in [-0.1, -0.05) is 19.1 Å².